The molecule has 3 aliphatic rings. The fourth-order valence-electron chi connectivity index (χ4n) is 7.07. The number of amides is 1. The second-order valence-electron chi connectivity index (χ2n) is 14.3. The number of hydrogen-bond donors (Lipinski definition) is 1. The summed E-state index contributed by atoms with van der Waals surface area (Å²) < 4.78 is 81.2. The Bertz CT molecular complexity index is 2630. The lowest BCUT2D eigenvalue weighted by Gasteiger charge is -2.42. The van der Waals surface area contributed by atoms with Gasteiger partial charge in [0.25, 0.3) is 5.91 Å². The van der Waals surface area contributed by atoms with Gasteiger partial charge < -0.3 is 34.0 Å². The Morgan fingerprint density at radius 2 is 1.53 bits per heavy atom. The van der Waals surface area contributed by atoms with Crippen LogP contribution in [0.3, 0.4) is 0 Å². The smallest absolute Gasteiger partial charge is 0.252 e. The highest BCUT2D eigenvalue weighted by atomic mass is 32.2. The number of benzene rings is 3. The van der Waals surface area contributed by atoms with Gasteiger partial charge in [-0.1, -0.05) is 18.1 Å². The normalized spacial score (nSPS) is 16.8. The first-order valence-electron chi connectivity index (χ1n) is 16.3. The van der Waals surface area contributed by atoms with Crippen LogP contribution < -0.4 is 35.2 Å². The Balaban J connectivity index is 1.76. The van der Waals surface area contributed by atoms with E-state index in [4.69, 9.17) is 11.2 Å². The predicted molar refractivity (Wildman–Crippen MR) is 195 cm³/mol. The molecule has 0 saturated heterocycles. The van der Waals surface area contributed by atoms with Crippen molar-refractivity contribution in [2.75, 3.05) is 37.0 Å². The standard InChI is InChI=1S/C38H37N3O10S2/c1-8-11-39-35(42)21-9-10-24(27(12-21)36(43)44)34-28-13-25-22(19-52(45,46)47)17-37(2,3)40(6)30(25)15-32(28)51-33-16-31-26(14-29(33)34)23(20-53(48,49)50)18-38(4,5)41(31)7/h1,9-10,12-18H,11,19-20H2,2-7H3,(H3-,39,42,43,44,45,46,47,48,49,50)/p-2. The molecule has 0 aromatic heterocycles. The first-order valence-corrected chi connectivity index (χ1v) is 19.4. The minimum atomic E-state index is -4.75. The van der Waals surface area contributed by atoms with Crippen molar-refractivity contribution in [3.05, 3.63) is 98.6 Å². The van der Waals surface area contributed by atoms with Crippen LogP contribution in [-0.4, -0.2) is 81.0 Å². The van der Waals surface area contributed by atoms with E-state index in [0.29, 0.717) is 33.0 Å². The summed E-state index contributed by atoms with van der Waals surface area (Å²) in [7, 11) is -5.90. The second kappa shape index (κ2) is 12.7. The summed E-state index contributed by atoms with van der Waals surface area (Å²) in [5.74, 6) is -1.08. The van der Waals surface area contributed by atoms with Crippen LogP contribution in [0.15, 0.2) is 54.6 Å². The molecule has 0 unspecified atom stereocenters. The third kappa shape index (κ3) is 6.98. The third-order valence-electron chi connectivity index (χ3n) is 9.94. The van der Waals surface area contributed by atoms with Crippen LogP contribution >= 0.6 is 0 Å². The molecule has 0 saturated carbocycles. The fourth-order valence-corrected chi connectivity index (χ4v) is 8.31. The van der Waals surface area contributed by atoms with Gasteiger partial charge in [0.1, 0.15) is 18.5 Å². The van der Waals surface area contributed by atoms with Crippen LogP contribution in [0.25, 0.3) is 16.7 Å². The molecule has 3 aromatic rings. The van der Waals surface area contributed by atoms with Gasteiger partial charge in [-0.3, -0.25) is 4.79 Å². The van der Waals surface area contributed by atoms with Crippen molar-refractivity contribution in [2.24, 2.45) is 0 Å². The lowest BCUT2D eigenvalue weighted by molar-refractivity contribution is -0.255. The maximum atomic E-state index is 12.8. The third-order valence-corrected chi connectivity index (χ3v) is 11.3. The number of aromatic carboxylic acids is 1. The molecule has 1 amide bonds. The van der Waals surface area contributed by atoms with E-state index in [0.717, 1.165) is 6.07 Å². The summed E-state index contributed by atoms with van der Waals surface area (Å²) in [5.41, 5.74) is 0.562. The van der Waals surface area contributed by atoms with Gasteiger partial charge in [0.15, 0.2) is 5.54 Å². The number of hydrogen-bond acceptors (Lipinski definition) is 11. The van der Waals surface area contributed by atoms with Crippen LogP contribution in [0.1, 0.15) is 70.7 Å². The van der Waals surface area contributed by atoms with E-state index < -0.39 is 54.7 Å². The monoisotopic (exact) mass is 757 g/mol. The van der Waals surface area contributed by atoms with Crippen molar-refractivity contribution >= 4 is 54.5 Å². The summed E-state index contributed by atoms with van der Waals surface area (Å²) in [6, 6.07) is 10.6. The SMILES string of the molecule is C#CCNC(=O)c1ccc(C2=c3cc4c(cc3Oc3cc5c(cc32)C(CS(=O)(=O)[O-])=CC(C)(C)N5C)=[N+](C)C(C)(C)C=C4CS(=O)(=O)[O-])c(C(=O)[O-])c1. The Hall–Kier alpha value is -5.27. The average Bonchev–Trinajstić information content (AvgIpc) is 3.04. The molecule has 0 fully saturated rings. The Kier molecular flexibility index (Phi) is 8.98. The van der Waals surface area contributed by atoms with Crippen molar-refractivity contribution in [3.8, 4) is 23.8 Å². The fraction of sp³-hybridized carbons (Fsp3) is 0.289. The van der Waals surface area contributed by atoms with Gasteiger partial charge in [-0.2, -0.15) is 0 Å². The van der Waals surface area contributed by atoms with E-state index in [9.17, 15) is 40.6 Å². The second-order valence-corrected chi connectivity index (χ2v) is 17.1. The molecular weight excluding hydrogens is 723 g/mol. The zero-order chi connectivity index (χ0) is 39.0. The summed E-state index contributed by atoms with van der Waals surface area (Å²) in [5, 5.41) is 16.2. The number of terminal acetylenes is 1. The minimum absolute atomic E-state index is 0.0170. The molecule has 3 aromatic carbocycles. The van der Waals surface area contributed by atoms with Gasteiger partial charge in [-0.15, -0.1) is 6.42 Å². The van der Waals surface area contributed by atoms with Gasteiger partial charge in [0, 0.05) is 65.7 Å². The summed E-state index contributed by atoms with van der Waals surface area (Å²) >= 11 is 0. The molecule has 0 aliphatic carbocycles. The Morgan fingerprint density at radius 1 is 0.887 bits per heavy atom. The summed E-state index contributed by atoms with van der Waals surface area (Å²) in [6.45, 7) is 7.30. The van der Waals surface area contributed by atoms with Crippen LogP contribution in [0.2, 0.25) is 0 Å². The average molecular weight is 758 g/mol. The molecular formula is C38H35N3O10S2-2. The molecule has 0 atom stereocenters. The van der Waals surface area contributed by atoms with Gasteiger partial charge in [0.2, 0.25) is 5.36 Å². The van der Waals surface area contributed by atoms with Gasteiger partial charge in [0.05, 0.1) is 61.4 Å². The quantitative estimate of drug-likeness (QED) is 0.151. The summed E-state index contributed by atoms with van der Waals surface area (Å²) in [4.78, 5) is 27.6. The molecule has 0 radical (unpaired) electrons. The van der Waals surface area contributed by atoms with Crippen molar-refractivity contribution < 1.29 is 45.4 Å². The molecule has 0 bridgehead atoms. The van der Waals surface area contributed by atoms with Gasteiger partial charge in [-0.25, -0.2) is 21.4 Å². The number of nitrogens with zero attached hydrogens (tertiary/aromatic N) is 2. The zero-order valence-electron chi connectivity index (χ0n) is 29.7. The molecule has 6 rings (SSSR count). The van der Waals surface area contributed by atoms with Crippen LogP contribution in [0, 0.1) is 12.3 Å². The number of carbonyl (C=O) groups excluding carboxylic acids is 2. The topological polar surface area (TPSA) is 199 Å². The van der Waals surface area contributed by atoms with Crippen molar-refractivity contribution in [3.63, 3.8) is 0 Å². The molecule has 276 valence electrons. The highest BCUT2D eigenvalue weighted by molar-refractivity contribution is 7.86. The van der Waals surface area contributed by atoms with E-state index in [-0.39, 0.29) is 51.5 Å². The number of anilines is 1. The van der Waals surface area contributed by atoms with E-state index in [1.165, 1.54) is 12.1 Å². The lowest BCUT2D eigenvalue weighted by atomic mass is 9.83. The number of carboxylic acids is 1. The number of carboxylic acid groups (broad SMARTS) is 1. The van der Waals surface area contributed by atoms with E-state index >= 15 is 0 Å². The molecule has 3 heterocycles. The highest BCUT2D eigenvalue weighted by Gasteiger charge is 2.36. The largest absolute Gasteiger partial charge is 0.748 e. The first kappa shape index (κ1) is 37.5. The molecule has 0 spiro atoms. The van der Waals surface area contributed by atoms with Crippen LogP contribution in [0.4, 0.5) is 5.69 Å². The first-order chi connectivity index (χ1) is 24.5. The number of carbonyl (C=O) groups is 2. The lowest BCUT2D eigenvalue weighted by Crippen LogP contribution is -2.47. The van der Waals surface area contributed by atoms with Gasteiger partial charge >= 0.3 is 0 Å². The number of likely N-dealkylation sites (N-methyl/N-ethyl adjacent to an activating group) is 2. The molecule has 13 nitrogen and oxygen atoms in total. The molecule has 3 aliphatic heterocycles. The van der Waals surface area contributed by atoms with Crippen molar-refractivity contribution in [2.45, 2.75) is 38.8 Å². The predicted octanol–water partition coefficient (Wildman–Crippen LogP) is 0.765. The van der Waals surface area contributed by atoms with Crippen molar-refractivity contribution in [1.82, 2.24) is 9.89 Å². The maximum Gasteiger partial charge on any atom is 0.252 e. The molecule has 53 heavy (non-hydrogen) atoms. The maximum absolute atomic E-state index is 12.8. The number of nitrogens with one attached hydrogen (secondary N) is 1. The van der Waals surface area contributed by atoms with Gasteiger partial charge in [-0.05, 0) is 60.9 Å². The highest BCUT2D eigenvalue weighted by Crippen LogP contribution is 2.46. The number of ether oxygens (including phenoxy) is 1. The number of rotatable bonds is 8. The zero-order valence-corrected chi connectivity index (χ0v) is 31.3. The Morgan fingerprint density at radius 3 is 2.13 bits per heavy atom. The summed E-state index contributed by atoms with van der Waals surface area (Å²) in [6.07, 6.45) is 8.64. The molecule has 15 heteroatoms. The van der Waals surface area contributed by atoms with E-state index in [1.54, 1.807) is 50.5 Å². The van der Waals surface area contributed by atoms with E-state index in [1.807, 2.05) is 37.2 Å². The molecule has 1 N–H and O–H groups in total. The van der Waals surface area contributed by atoms with Crippen molar-refractivity contribution in [1.29, 1.82) is 0 Å². The Labute approximate surface area is 307 Å². The van der Waals surface area contributed by atoms with Crippen LogP contribution in [-0.2, 0) is 20.2 Å². The minimum Gasteiger partial charge on any atom is -0.748 e. The van der Waals surface area contributed by atoms with Crippen LogP contribution in [0.5, 0.6) is 11.5 Å². The van der Waals surface area contributed by atoms with E-state index in [2.05, 4.69) is 11.2 Å². The number of fused-ring (bicyclic) bond motifs is 4.